The van der Waals surface area contributed by atoms with Gasteiger partial charge in [0.05, 0.1) is 0 Å². The summed E-state index contributed by atoms with van der Waals surface area (Å²) >= 11 is 3.44. The van der Waals surface area contributed by atoms with Gasteiger partial charge in [-0.15, -0.1) is 0 Å². The number of carbonyl (C=O) groups is 1. The van der Waals surface area contributed by atoms with E-state index in [4.69, 9.17) is 0 Å². The van der Waals surface area contributed by atoms with Crippen molar-refractivity contribution < 1.29 is 4.79 Å². The molecule has 3 nitrogen and oxygen atoms in total. The maximum atomic E-state index is 11.8. The third-order valence-corrected chi connectivity index (χ3v) is 4.21. The Morgan fingerprint density at radius 3 is 2.68 bits per heavy atom. The van der Waals surface area contributed by atoms with Gasteiger partial charge in [-0.3, -0.25) is 0 Å². The fourth-order valence-corrected chi connectivity index (χ4v) is 2.45. The van der Waals surface area contributed by atoms with Crippen LogP contribution < -0.4 is 10.6 Å². The number of allylic oxidation sites excluding steroid dienone is 1. The van der Waals surface area contributed by atoms with E-state index in [1.807, 2.05) is 31.3 Å². The molecular formula is C15H19BrN2O. The first-order valence-corrected chi connectivity index (χ1v) is 7.46. The van der Waals surface area contributed by atoms with Crippen LogP contribution in [0, 0.1) is 6.92 Å². The van der Waals surface area contributed by atoms with Crippen LogP contribution in [0.5, 0.6) is 0 Å². The average molecular weight is 323 g/mol. The minimum absolute atomic E-state index is 0.181. The van der Waals surface area contributed by atoms with Crippen molar-refractivity contribution in [1.29, 1.82) is 0 Å². The summed E-state index contributed by atoms with van der Waals surface area (Å²) in [5.41, 5.74) is 3.25. The van der Waals surface area contributed by atoms with Gasteiger partial charge in [-0.2, -0.15) is 0 Å². The lowest BCUT2D eigenvalue weighted by atomic mass is 9.96. The molecule has 19 heavy (non-hydrogen) atoms. The van der Waals surface area contributed by atoms with E-state index in [-0.39, 0.29) is 6.03 Å². The lowest BCUT2D eigenvalue weighted by Crippen LogP contribution is -2.24. The van der Waals surface area contributed by atoms with Gasteiger partial charge >= 0.3 is 6.03 Å². The van der Waals surface area contributed by atoms with E-state index < -0.39 is 0 Å². The summed E-state index contributed by atoms with van der Waals surface area (Å²) in [6.45, 7) is 2.00. The highest BCUT2D eigenvalue weighted by Gasteiger charge is 2.06. The van der Waals surface area contributed by atoms with Crippen LogP contribution in [0.4, 0.5) is 10.5 Å². The van der Waals surface area contributed by atoms with E-state index in [1.165, 1.54) is 24.8 Å². The topological polar surface area (TPSA) is 41.1 Å². The predicted molar refractivity (Wildman–Crippen MR) is 82.2 cm³/mol. The number of amides is 2. The first kappa shape index (κ1) is 14.1. The summed E-state index contributed by atoms with van der Waals surface area (Å²) in [4.78, 5) is 11.8. The molecule has 0 unspecified atom stereocenters. The maximum Gasteiger partial charge on any atom is 0.323 e. The first-order valence-electron chi connectivity index (χ1n) is 6.67. The number of anilines is 1. The zero-order chi connectivity index (χ0) is 13.7. The number of nitrogens with one attached hydrogen (secondary N) is 2. The number of halogens is 1. The van der Waals surface area contributed by atoms with Gasteiger partial charge in [-0.1, -0.05) is 27.9 Å². The van der Waals surface area contributed by atoms with E-state index in [0.29, 0.717) is 0 Å². The number of hydrogen-bond acceptors (Lipinski definition) is 1. The summed E-state index contributed by atoms with van der Waals surface area (Å²) < 4.78 is 1.04. The molecule has 1 fully saturated rings. The highest BCUT2D eigenvalue weighted by molar-refractivity contribution is 9.10. The Morgan fingerprint density at radius 1 is 1.26 bits per heavy atom. The largest absolute Gasteiger partial charge is 0.323 e. The fraction of sp³-hybridized carbons (Fsp3) is 0.400. The number of aryl methyl sites for hydroxylation is 1. The monoisotopic (exact) mass is 322 g/mol. The Bertz CT molecular complexity index is 489. The lowest BCUT2D eigenvalue weighted by molar-refractivity contribution is 0.255. The van der Waals surface area contributed by atoms with Gasteiger partial charge in [0.25, 0.3) is 0 Å². The molecular weight excluding hydrogens is 304 g/mol. The molecule has 2 rings (SSSR count). The maximum absolute atomic E-state index is 11.8. The lowest BCUT2D eigenvalue weighted by Gasteiger charge is -2.13. The number of benzene rings is 1. The second kappa shape index (κ2) is 6.75. The van der Waals surface area contributed by atoms with E-state index in [0.717, 1.165) is 28.6 Å². The van der Waals surface area contributed by atoms with Crippen LogP contribution in [-0.2, 0) is 0 Å². The van der Waals surface area contributed by atoms with Crippen molar-refractivity contribution in [2.45, 2.75) is 39.0 Å². The molecule has 102 valence electrons. The number of carbonyl (C=O) groups excluding carboxylic acids is 1. The van der Waals surface area contributed by atoms with E-state index in [9.17, 15) is 4.79 Å². The molecule has 4 heteroatoms. The molecule has 0 spiro atoms. The molecule has 0 aliphatic heterocycles. The van der Waals surface area contributed by atoms with Crippen LogP contribution in [0.15, 0.2) is 34.4 Å². The van der Waals surface area contributed by atoms with Gasteiger partial charge in [0.2, 0.25) is 0 Å². The van der Waals surface area contributed by atoms with Gasteiger partial charge in [-0.05, 0) is 56.4 Å². The Morgan fingerprint density at radius 2 is 2.00 bits per heavy atom. The van der Waals surface area contributed by atoms with Crippen molar-refractivity contribution in [3.8, 4) is 0 Å². The molecule has 2 amide bonds. The van der Waals surface area contributed by atoms with Crippen LogP contribution in [0.25, 0.3) is 0 Å². The summed E-state index contributed by atoms with van der Waals surface area (Å²) in [5, 5.41) is 5.65. The van der Waals surface area contributed by atoms with Crippen LogP contribution in [-0.4, -0.2) is 6.03 Å². The van der Waals surface area contributed by atoms with Gasteiger partial charge in [0, 0.05) is 16.4 Å². The van der Waals surface area contributed by atoms with Crippen molar-refractivity contribution in [3.05, 3.63) is 40.0 Å². The number of urea groups is 1. The SMILES string of the molecule is Cc1cc(NC(=O)NC=C2CCCCC2)ccc1Br. The third-order valence-electron chi connectivity index (χ3n) is 3.32. The average Bonchev–Trinajstić information content (AvgIpc) is 2.42. The van der Waals surface area contributed by atoms with Crippen LogP contribution in [0.2, 0.25) is 0 Å². The minimum Gasteiger partial charge on any atom is -0.314 e. The molecule has 1 aliphatic rings. The predicted octanol–water partition coefficient (Wildman–Crippen LogP) is 4.73. The Balaban J connectivity index is 1.88. The van der Waals surface area contributed by atoms with Crippen molar-refractivity contribution in [2.24, 2.45) is 0 Å². The van der Waals surface area contributed by atoms with E-state index in [1.54, 1.807) is 0 Å². The zero-order valence-corrected chi connectivity index (χ0v) is 12.7. The third kappa shape index (κ3) is 4.39. The first-order chi connectivity index (χ1) is 9.15. The van der Waals surface area contributed by atoms with Gasteiger partial charge in [-0.25, -0.2) is 4.79 Å². The smallest absolute Gasteiger partial charge is 0.314 e. The number of rotatable bonds is 2. The molecule has 0 radical (unpaired) electrons. The van der Waals surface area contributed by atoms with Gasteiger partial charge in [0.1, 0.15) is 0 Å². The highest BCUT2D eigenvalue weighted by Crippen LogP contribution is 2.22. The number of hydrogen-bond donors (Lipinski definition) is 2. The summed E-state index contributed by atoms with van der Waals surface area (Å²) in [6, 6.07) is 5.58. The molecule has 1 aromatic rings. The van der Waals surface area contributed by atoms with Gasteiger partial charge in [0.15, 0.2) is 0 Å². The van der Waals surface area contributed by atoms with E-state index >= 15 is 0 Å². The molecule has 1 aliphatic carbocycles. The second-order valence-corrected chi connectivity index (χ2v) is 5.78. The molecule has 2 N–H and O–H groups in total. The second-order valence-electron chi connectivity index (χ2n) is 4.93. The summed E-state index contributed by atoms with van der Waals surface area (Å²) in [5.74, 6) is 0. The molecule has 0 heterocycles. The quantitative estimate of drug-likeness (QED) is 0.812. The highest BCUT2D eigenvalue weighted by atomic mass is 79.9. The van der Waals surface area contributed by atoms with Crippen molar-refractivity contribution in [1.82, 2.24) is 5.32 Å². The van der Waals surface area contributed by atoms with Crippen LogP contribution in [0.3, 0.4) is 0 Å². The molecule has 0 saturated heterocycles. The molecule has 1 saturated carbocycles. The van der Waals surface area contributed by atoms with E-state index in [2.05, 4.69) is 26.6 Å². The Hall–Kier alpha value is -1.29. The van der Waals surface area contributed by atoms with Crippen molar-refractivity contribution in [3.63, 3.8) is 0 Å². The van der Waals surface area contributed by atoms with Crippen molar-refractivity contribution in [2.75, 3.05) is 5.32 Å². The fourth-order valence-electron chi connectivity index (χ4n) is 2.21. The molecule has 0 bridgehead atoms. The Labute approximate surface area is 122 Å². The van der Waals surface area contributed by atoms with Crippen LogP contribution in [0.1, 0.15) is 37.7 Å². The van der Waals surface area contributed by atoms with Crippen molar-refractivity contribution >= 4 is 27.6 Å². The van der Waals surface area contributed by atoms with Crippen LogP contribution >= 0.6 is 15.9 Å². The summed E-state index contributed by atoms with van der Waals surface area (Å²) in [6.07, 6.45) is 7.86. The van der Waals surface area contributed by atoms with Gasteiger partial charge < -0.3 is 10.6 Å². The molecule has 1 aromatic carbocycles. The zero-order valence-electron chi connectivity index (χ0n) is 11.1. The standard InChI is InChI=1S/C15H19BrN2O/c1-11-9-13(7-8-14(11)16)18-15(19)17-10-12-5-3-2-4-6-12/h7-10H,2-6H2,1H3,(H2,17,18,19). The Kier molecular flexibility index (Phi) is 5.02. The minimum atomic E-state index is -0.181. The summed E-state index contributed by atoms with van der Waals surface area (Å²) in [7, 11) is 0. The molecule has 0 atom stereocenters. The normalized spacial score (nSPS) is 14.9. The molecule has 0 aromatic heterocycles.